The molecule has 0 spiro atoms. The SMILES string of the molecule is Cl.Cl.NC1CCN(CC(c2cccc(Cl)c2)C2(O)CCCCC2)CC1. The Morgan fingerprint density at radius 2 is 1.80 bits per heavy atom. The van der Waals surface area contributed by atoms with Gasteiger partial charge in [-0.15, -0.1) is 24.8 Å². The van der Waals surface area contributed by atoms with E-state index in [4.69, 9.17) is 17.3 Å². The van der Waals surface area contributed by atoms with Crippen LogP contribution in [0.25, 0.3) is 0 Å². The average Bonchev–Trinajstić information content (AvgIpc) is 2.55. The van der Waals surface area contributed by atoms with Crippen LogP contribution in [0.2, 0.25) is 5.02 Å². The Hall–Kier alpha value is -0.0300. The maximum Gasteiger partial charge on any atom is 0.0728 e. The third-order valence-electron chi connectivity index (χ3n) is 5.69. The molecule has 2 aliphatic rings. The smallest absolute Gasteiger partial charge is 0.0728 e. The molecule has 3 N–H and O–H groups in total. The van der Waals surface area contributed by atoms with Gasteiger partial charge in [0.15, 0.2) is 0 Å². The number of rotatable bonds is 4. The molecule has 1 saturated heterocycles. The van der Waals surface area contributed by atoms with Gasteiger partial charge in [0.25, 0.3) is 0 Å². The number of hydrogen-bond acceptors (Lipinski definition) is 3. The van der Waals surface area contributed by atoms with Gasteiger partial charge in [-0.1, -0.05) is 43.0 Å². The number of aliphatic hydroxyl groups is 1. The molecule has 3 rings (SSSR count). The fourth-order valence-electron chi connectivity index (χ4n) is 4.22. The first-order valence-electron chi connectivity index (χ1n) is 9.03. The second kappa shape index (κ2) is 10.3. The van der Waals surface area contributed by atoms with Gasteiger partial charge in [-0.2, -0.15) is 0 Å². The predicted octanol–water partition coefficient (Wildman–Crippen LogP) is 4.39. The van der Waals surface area contributed by atoms with Crippen molar-refractivity contribution in [1.82, 2.24) is 4.90 Å². The van der Waals surface area contributed by atoms with Crippen molar-refractivity contribution in [2.45, 2.75) is 62.5 Å². The van der Waals surface area contributed by atoms with Crippen molar-refractivity contribution in [3.8, 4) is 0 Å². The van der Waals surface area contributed by atoms with Crippen LogP contribution in [0.4, 0.5) is 0 Å². The van der Waals surface area contributed by atoms with Crippen molar-refractivity contribution in [1.29, 1.82) is 0 Å². The lowest BCUT2D eigenvalue weighted by atomic mass is 9.72. The molecule has 1 saturated carbocycles. The Bertz CT molecular complexity index is 515. The van der Waals surface area contributed by atoms with Gasteiger partial charge in [-0.3, -0.25) is 0 Å². The van der Waals surface area contributed by atoms with E-state index in [9.17, 15) is 5.11 Å². The Balaban J connectivity index is 0.00000156. The first kappa shape index (κ1) is 23.0. The number of piperidine rings is 1. The van der Waals surface area contributed by atoms with Gasteiger partial charge in [0.1, 0.15) is 0 Å². The summed E-state index contributed by atoms with van der Waals surface area (Å²) in [5, 5.41) is 12.1. The standard InChI is InChI=1S/C19H29ClN2O.2ClH/c20-16-6-4-5-15(13-16)18(19(23)9-2-1-3-10-19)14-22-11-7-17(21)8-12-22;;/h4-6,13,17-18,23H,1-3,7-12,14,21H2;2*1H. The summed E-state index contributed by atoms with van der Waals surface area (Å²) < 4.78 is 0. The molecule has 6 heteroatoms. The van der Waals surface area contributed by atoms with E-state index < -0.39 is 5.60 Å². The molecule has 2 fully saturated rings. The van der Waals surface area contributed by atoms with Crippen molar-refractivity contribution in [2.75, 3.05) is 19.6 Å². The van der Waals surface area contributed by atoms with Crippen molar-refractivity contribution in [3.63, 3.8) is 0 Å². The molecule has 1 atom stereocenters. The highest BCUT2D eigenvalue weighted by molar-refractivity contribution is 6.30. The monoisotopic (exact) mass is 408 g/mol. The van der Waals surface area contributed by atoms with Crippen molar-refractivity contribution in [3.05, 3.63) is 34.9 Å². The van der Waals surface area contributed by atoms with Crippen LogP contribution >= 0.6 is 36.4 Å². The summed E-state index contributed by atoms with van der Waals surface area (Å²) in [5.41, 5.74) is 6.62. The van der Waals surface area contributed by atoms with E-state index in [0.717, 1.165) is 63.2 Å². The van der Waals surface area contributed by atoms with Crippen LogP contribution in [0, 0.1) is 0 Å². The number of nitrogens with two attached hydrogens (primary N) is 1. The molecule has 3 nitrogen and oxygen atoms in total. The fraction of sp³-hybridized carbons (Fsp3) is 0.684. The molecular weight excluding hydrogens is 379 g/mol. The molecule has 0 radical (unpaired) electrons. The fourth-order valence-corrected chi connectivity index (χ4v) is 4.41. The number of likely N-dealkylation sites (tertiary alicyclic amines) is 1. The minimum Gasteiger partial charge on any atom is -0.389 e. The van der Waals surface area contributed by atoms with Crippen LogP contribution in [0.5, 0.6) is 0 Å². The molecule has 0 amide bonds. The highest BCUT2D eigenvalue weighted by atomic mass is 35.5. The number of nitrogens with zero attached hydrogens (tertiary/aromatic N) is 1. The van der Waals surface area contributed by atoms with Gasteiger partial charge in [-0.05, 0) is 56.5 Å². The van der Waals surface area contributed by atoms with E-state index >= 15 is 0 Å². The maximum atomic E-state index is 11.4. The van der Waals surface area contributed by atoms with Gasteiger partial charge in [-0.25, -0.2) is 0 Å². The van der Waals surface area contributed by atoms with Crippen LogP contribution < -0.4 is 5.73 Å². The Morgan fingerprint density at radius 1 is 1.16 bits per heavy atom. The van der Waals surface area contributed by atoms with E-state index in [0.29, 0.717) is 6.04 Å². The molecule has 0 bridgehead atoms. The quantitative estimate of drug-likeness (QED) is 0.775. The van der Waals surface area contributed by atoms with Gasteiger partial charge in [0, 0.05) is 23.5 Å². The summed E-state index contributed by atoms with van der Waals surface area (Å²) in [6, 6.07) is 8.41. The first-order chi connectivity index (χ1) is 11.1. The number of benzene rings is 1. The maximum absolute atomic E-state index is 11.4. The second-order valence-corrected chi connectivity index (χ2v) is 7.85. The average molecular weight is 410 g/mol. The minimum atomic E-state index is -0.595. The molecular formula is C19H31Cl3N2O. The summed E-state index contributed by atoms with van der Waals surface area (Å²) in [6.45, 7) is 2.98. The molecule has 1 unspecified atom stereocenters. The summed E-state index contributed by atoms with van der Waals surface area (Å²) in [7, 11) is 0. The Labute approximate surface area is 169 Å². The highest BCUT2D eigenvalue weighted by Gasteiger charge is 2.39. The van der Waals surface area contributed by atoms with Crippen LogP contribution in [-0.2, 0) is 0 Å². The van der Waals surface area contributed by atoms with E-state index in [1.165, 1.54) is 12.0 Å². The number of hydrogen-bond donors (Lipinski definition) is 2. The van der Waals surface area contributed by atoms with Crippen LogP contribution in [-0.4, -0.2) is 41.3 Å². The summed E-state index contributed by atoms with van der Waals surface area (Å²) in [4.78, 5) is 2.47. The van der Waals surface area contributed by atoms with E-state index in [-0.39, 0.29) is 30.7 Å². The van der Waals surface area contributed by atoms with Crippen LogP contribution in [0.1, 0.15) is 56.4 Å². The molecule has 25 heavy (non-hydrogen) atoms. The third-order valence-corrected chi connectivity index (χ3v) is 5.93. The van der Waals surface area contributed by atoms with E-state index in [1.54, 1.807) is 0 Å². The summed E-state index contributed by atoms with van der Waals surface area (Å²) in [6.07, 6.45) is 7.40. The topological polar surface area (TPSA) is 49.5 Å². The van der Waals surface area contributed by atoms with Gasteiger partial charge in [0.2, 0.25) is 0 Å². The molecule has 1 aromatic rings. The van der Waals surface area contributed by atoms with Gasteiger partial charge < -0.3 is 15.7 Å². The zero-order valence-corrected chi connectivity index (χ0v) is 17.1. The first-order valence-corrected chi connectivity index (χ1v) is 9.40. The molecule has 1 aliphatic heterocycles. The lowest BCUT2D eigenvalue weighted by Crippen LogP contribution is -2.47. The van der Waals surface area contributed by atoms with Gasteiger partial charge >= 0.3 is 0 Å². The highest BCUT2D eigenvalue weighted by Crippen LogP contribution is 2.41. The lowest BCUT2D eigenvalue weighted by molar-refractivity contribution is -0.0324. The molecule has 1 aromatic carbocycles. The largest absolute Gasteiger partial charge is 0.389 e. The van der Waals surface area contributed by atoms with E-state index in [1.807, 2.05) is 18.2 Å². The molecule has 0 aromatic heterocycles. The van der Waals surface area contributed by atoms with Crippen LogP contribution in [0.15, 0.2) is 24.3 Å². The second-order valence-electron chi connectivity index (χ2n) is 7.41. The Morgan fingerprint density at radius 3 is 2.40 bits per heavy atom. The van der Waals surface area contributed by atoms with Crippen molar-refractivity contribution >= 4 is 36.4 Å². The molecule has 1 heterocycles. The number of halogens is 3. The third kappa shape index (κ3) is 5.98. The van der Waals surface area contributed by atoms with Gasteiger partial charge in [0.05, 0.1) is 5.60 Å². The van der Waals surface area contributed by atoms with Crippen molar-refractivity contribution < 1.29 is 5.11 Å². The molecule has 144 valence electrons. The zero-order chi connectivity index (χ0) is 16.3. The van der Waals surface area contributed by atoms with Crippen molar-refractivity contribution in [2.24, 2.45) is 5.73 Å². The normalized spacial score (nSPS) is 22.5. The molecule has 1 aliphatic carbocycles. The van der Waals surface area contributed by atoms with E-state index in [2.05, 4.69) is 11.0 Å². The van der Waals surface area contributed by atoms with Crippen LogP contribution in [0.3, 0.4) is 0 Å². The lowest BCUT2D eigenvalue weighted by Gasteiger charge is -2.43. The minimum absolute atomic E-state index is 0. The summed E-state index contributed by atoms with van der Waals surface area (Å²) in [5.74, 6) is 0.135. The summed E-state index contributed by atoms with van der Waals surface area (Å²) >= 11 is 6.22. The predicted molar refractivity (Wildman–Crippen MR) is 110 cm³/mol. The Kier molecular flexibility index (Phi) is 9.52. The zero-order valence-electron chi connectivity index (χ0n) is 14.7.